The van der Waals surface area contributed by atoms with Crippen LogP contribution in [0, 0.1) is 6.92 Å². The number of hydrogen-bond acceptors (Lipinski definition) is 4. The molecule has 3 nitrogen and oxygen atoms in total. The van der Waals surface area contributed by atoms with Gasteiger partial charge in [-0.05, 0) is 30.9 Å². The van der Waals surface area contributed by atoms with Crippen LogP contribution in [-0.2, 0) is 4.74 Å². The van der Waals surface area contributed by atoms with E-state index in [9.17, 15) is 0 Å². The highest BCUT2D eigenvalue weighted by Crippen LogP contribution is 2.22. The highest BCUT2D eigenvalue weighted by molar-refractivity contribution is 7.10. The number of nitrogens with two attached hydrogens (primary N) is 1. The third-order valence-corrected chi connectivity index (χ3v) is 2.83. The first-order valence-electron chi connectivity index (χ1n) is 4.37. The molecule has 1 aromatic rings. The highest BCUT2D eigenvalue weighted by atomic mass is 32.1. The van der Waals surface area contributed by atoms with Gasteiger partial charge in [-0.15, -0.1) is 11.3 Å². The van der Waals surface area contributed by atoms with Crippen LogP contribution >= 0.6 is 11.3 Å². The summed E-state index contributed by atoms with van der Waals surface area (Å²) in [5.74, 6) is 5.45. The van der Waals surface area contributed by atoms with Crippen LogP contribution in [0.5, 0.6) is 0 Å². The molecular formula is C9H16N2OS. The smallest absolute Gasteiger partial charge is 0.0704 e. The second-order valence-electron chi connectivity index (χ2n) is 2.81. The van der Waals surface area contributed by atoms with Crippen LogP contribution in [0.3, 0.4) is 0 Å². The molecule has 0 aliphatic heterocycles. The minimum absolute atomic E-state index is 0.117. The Hall–Kier alpha value is -0.420. The molecule has 0 bridgehead atoms. The Bertz CT molecular complexity index is 250. The van der Waals surface area contributed by atoms with Gasteiger partial charge in [0, 0.05) is 11.5 Å². The van der Waals surface area contributed by atoms with Crippen molar-refractivity contribution in [3.05, 3.63) is 21.9 Å². The van der Waals surface area contributed by atoms with E-state index in [4.69, 9.17) is 10.6 Å². The third-order valence-electron chi connectivity index (χ3n) is 1.96. The summed E-state index contributed by atoms with van der Waals surface area (Å²) < 4.78 is 5.33. The van der Waals surface area contributed by atoms with Gasteiger partial charge in [0.15, 0.2) is 0 Å². The van der Waals surface area contributed by atoms with Gasteiger partial charge in [-0.2, -0.15) is 0 Å². The van der Waals surface area contributed by atoms with Crippen molar-refractivity contribution in [2.75, 3.05) is 13.2 Å². The van der Waals surface area contributed by atoms with Gasteiger partial charge >= 0.3 is 0 Å². The Morgan fingerprint density at radius 1 is 1.69 bits per heavy atom. The van der Waals surface area contributed by atoms with E-state index in [1.54, 1.807) is 11.3 Å². The zero-order chi connectivity index (χ0) is 9.68. The van der Waals surface area contributed by atoms with Crippen molar-refractivity contribution in [3.8, 4) is 0 Å². The Balaban J connectivity index is 2.61. The first-order valence-corrected chi connectivity index (χ1v) is 5.25. The van der Waals surface area contributed by atoms with Crippen molar-refractivity contribution in [2.45, 2.75) is 19.9 Å². The van der Waals surface area contributed by atoms with Crippen molar-refractivity contribution in [2.24, 2.45) is 5.84 Å². The van der Waals surface area contributed by atoms with Crippen molar-refractivity contribution in [1.29, 1.82) is 0 Å². The minimum atomic E-state index is 0.117. The topological polar surface area (TPSA) is 47.3 Å². The Kier molecular flexibility index (Phi) is 4.38. The van der Waals surface area contributed by atoms with Crippen LogP contribution in [0.2, 0.25) is 0 Å². The van der Waals surface area contributed by atoms with Gasteiger partial charge in [0.2, 0.25) is 0 Å². The van der Waals surface area contributed by atoms with Crippen molar-refractivity contribution in [1.82, 2.24) is 5.43 Å². The summed E-state index contributed by atoms with van der Waals surface area (Å²) >= 11 is 1.73. The summed E-state index contributed by atoms with van der Waals surface area (Å²) in [7, 11) is 0. The predicted octanol–water partition coefficient (Wildman–Crippen LogP) is 1.60. The Morgan fingerprint density at radius 3 is 2.92 bits per heavy atom. The SMILES string of the molecule is CCOCC(NN)c1ccsc1C. The number of ether oxygens (including phenoxy) is 1. The van der Waals surface area contributed by atoms with Crippen LogP contribution in [-0.4, -0.2) is 13.2 Å². The first-order chi connectivity index (χ1) is 6.29. The minimum Gasteiger partial charge on any atom is -0.380 e. The fourth-order valence-corrected chi connectivity index (χ4v) is 1.98. The summed E-state index contributed by atoms with van der Waals surface area (Å²) in [6.45, 7) is 5.43. The fraction of sp³-hybridized carbons (Fsp3) is 0.556. The summed E-state index contributed by atoms with van der Waals surface area (Å²) in [6.07, 6.45) is 0. The van der Waals surface area contributed by atoms with Gasteiger partial charge in [0.25, 0.3) is 0 Å². The highest BCUT2D eigenvalue weighted by Gasteiger charge is 2.12. The normalized spacial score (nSPS) is 13.2. The van der Waals surface area contributed by atoms with E-state index in [0.29, 0.717) is 6.61 Å². The van der Waals surface area contributed by atoms with E-state index < -0.39 is 0 Å². The second kappa shape index (κ2) is 5.34. The number of hydrogen-bond donors (Lipinski definition) is 2. The molecule has 0 aliphatic rings. The number of hydrazine groups is 1. The number of nitrogens with one attached hydrogen (secondary N) is 1. The summed E-state index contributed by atoms with van der Waals surface area (Å²) in [5.41, 5.74) is 4.00. The first kappa shape index (κ1) is 10.7. The lowest BCUT2D eigenvalue weighted by atomic mass is 10.1. The summed E-state index contributed by atoms with van der Waals surface area (Å²) in [4.78, 5) is 1.29. The molecule has 4 heteroatoms. The molecule has 3 N–H and O–H groups in total. The van der Waals surface area contributed by atoms with Crippen LogP contribution in [0.25, 0.3) is 0 Å². The summed E-state index contributed by atoms with van der Waals surface area (Å²) in [5, 5.41) is 2.07. The molecule has 0 fully saturated rings. The van der Waals surface area contributed by atoms with Gasteiger partial charge in [-0.25, -0.2) is 0 Å². The molecule has 1 rings (SSSR count). The van der Waals surface area contributed by atoms with Gasteiger partial charge in [-0.1, -0.05) is 0 Å². The van der Waals surface area contributed by atoms with E-state index in [2.05, 4.69) is 23.8 Å². The molecule has 13 heavy (non-hydrogen) atoms. The zero-order valence-corrected chi connectivity index (χ0v) is 8.86. The molecule has 1 unspecified atom stereocenters. The van der Waals surface area contributed by atoms with Crippen molar-refractivity contribution in [3.63, 3.8) is 0 Å². The second-order valence-corrected chi connectivity index (χ2v) is 3.93. The average Bonchev–Trinajstić information content (AvgIpc) is 2.54. The molecule has 0 aliphatic carbocycles. The van der Waals surface area contributed by atoms with E-state index in [-0.39, 0.29) is 6.04 Å². The maximum Gasteiger partial charge on any atom is 0.0704 e. The van der Waals surface area contributed by atoms with E-state index in [1.807, 2.05) is 6.92 Å². The molecule has 0 amide bonds. The van der Waals surface area contributed by atoms with Crippen LogP contribution in [0.15, 0.2) is 11.4 Å². The molecule has 0 saturated heterocycles. The quantitative estimate of drug-likeness (QED) is 0.560. The zero-order valence-electron chi connectivity index (χ0n) is 8.04. The van der Waals surface area contributed by atoms with Gasteiger partial charge < -0.3 is 4.74 Å². The van der Waals surface area contributed by atoms with Crippen LogP contribution in [0.4, 0.5) is 0 Å². The number of thiophene rings is 1. The monoisotopic (exact) mass is 200 g/mol. The number of rotatable bonds is 5. The maximum absolute atomic E-state index is 5.45. The third kappa shape index (κ3) is 2.77. The fourth-order valence-electron chi connectivity index (χ4n) is 1.22. The van der Waals surface area contributed by atoms with Crippen LogP contribution < -0.4 is 11.3 Å². The molecule has 0 radical (unpaired) electrons. The molecule has 0 saturated carbocycles. The lowest BCUT2D eigenvalue weighted by molar-refractivity contribution is 0.123. The lowest BCUT2D eigenvalue weighted by Gasteiger charge is -2.15. The maximum atomic E-state index is 5.45. The van der Waals surface area contributed by atoms with Gasteiger partial charge in [-0.3, -0.25) is 11.3 Å². The summed E-state index contributed by atoms with van der Waals surface area (Å²) in [6, 6.07) is 2.20. The van der Waals surface area contributed by atoms with Crippen molar-refractivity contribution < 1.29 is 4.74 Å². The standard InChI is InChI=1S/C9H16N2OS/c1-3-12-6-9(11-10)8-4-5-13-7(8)2/h4-5,9,11H,3,6,10H2,1-2H3. The molecule has 1 aromatic heterocycles. The van der Waals surface area contributed by atoms with E-state index >= 15 is 0 Å². The number of aryl methyl sites for hydroxylation is 1. The molecule has 74 valence electrons. The van der Waals surface area contributed by atoms with Crippen LogP contribution in [0.1, 0.15) is 23.4 Å². The Morgan fingerprint density at radius 2 is 2.46 bits per heavy atom. The molecular weight excluding hydrogens is 184 g/mol. The molecule has 1 heterocycles. The van der Waals surface area contributed by atoms with Gasteiger partial charge in [0.05, 0.1) is 12.6 Å². The predicted molar refractivity (Wildman–Crippen MR) is 55.6 cm³/mol. The Labute approximate surface area is 82.9 Å². The molecule has 1 atom stereocenters. The molecule has 0 aromatic carbocycles. The lowest BCUT2D eigenvalue weighted by Crippen LogP contribution is -2.31. The van der Waals surface area contributed by atoms with E-state index in [0.717, 1.165) is 6.61 Å². The van der Waals surface area contributed by atoms with Crippen molar-refractivity contribution >= 4 is 11.3 Å². The largest absolute Gasteiger partial charge is 0.380 e. The van der Waals surface area contributed by atoms with E-state index in [1.165, 1.54) is 10.4 Å². The van der Waals surface area contributed by atoms with Gasteiger partial charge in [0.1, 0.15) is 0 Å². The average molecular weight is 200 g/mol. The molecule has 0 spiro atoms.